The van der Waals surface area contributed by atoms with E-state index in [2.05, 4.69) is 9.98 Å². The molecule has 2 aromatic heterocycles. The first-order chi connectivity index (χ1) is 14.1. The summed E-state index contributed by atoms with van der Waals surface area (Å²) in [6.07, 6.45) is 1.55. The van der Waals surface area contributed by atoms with Crippen molar-refractivity contribution in [3.8, 4) is 11.1 Å². The number of aromatic nitrogens is 1. The van der Waals surface area contributed by atoms with Crippen LogP contribution in [0.3, 0.4) is 0 Å². The summed E-state index contributed by atoms with van der Waals surface area (Å²) < 4.78 is 5.91. The number of amides is 1. The summed E-state index contributed by atoms with van der Waals surface area (Å²) in [6.45, 7) is 1.56. The van der Waals surface area contributed by atoms with E-state index in [9.17, 15) is 9.90 Å². The van der Waals surface area contributed by atoms with E-state index in [1.807, 2.05) is 54.6 Å². The average molecular weight is 385 g/mol. The highest BCUT2D eigenvalue weighted by Crippen LogP contribution is 2.23. The fourth-order valence-corrected chi connectivity index (χ4v) is 3.15. The summed E-state index contributed by atoms with van der Waals surface area (Å²) in [5, 5.41) is 10.1. The molecule has 0 aliphatic heterocycles. The van der Waals surface area contributed by atoms with Crippen molar-refractivity contribution in [2.45, 2.75) is 13.5 Å². The van der Waals surface area contributed by atoms with Gasteiger partial charge in [-0.1, -0.05) is 42.5 Å². The lowest BCUT2D eigenvalue weighted by atomic mass is 10.1. The first kappa shape index (κ1) is 18.6. The Kier molecular flexibility index (Phi) is 4.93. The summed E-state index contributed by atoms with van der Waals surface area (Å²) in [4.78, 5) is 20.7. The highest BCUT2D eigenvalue weighted by atomic mass is 16.3. The number of pyridine rings is 1. The number of nitrogens with zero attached hydrogens (tertiary/aromatic N) is 2. The Balaban J connectivity index is 1.86. The topological polar surface area (TPSA) is 102 Å². The Morgan fingerprint density at radius 1 is 1.10 bits per heavy atom. The van der Waals surface area contributed by atoms with Crippen LogP contribution in [0.2, 0.25) is 0 Å². The summed E-state index contributed by atoms with van der Waals surface area (Å²) in [5.41, 5.74) is 10.2. The first-order valence-corrected chi connectivity index (χ1v) is 9.10. The van der Waals surface area contributed by atoms with Gasteiger partial charge in [0.1, 0.15) is 5.56 Å². The highest BCUT2D eigenvalue weighted by Gasteiger charge is 2.14. The number of aliphatic hydroxyl groups excluding tert-OH is 1. The molecular formula is C23H19N3O3. The van der Waals surface area contributed by atoms with Gasteiger partial charge in [0.05, 0.1) is 18.0 Å². The summed E-state index contributed by atoms with van der Waals surface area (Å²) in [6, 6.07) is 19.2. The van der Waals surface area contributed by atoms with E-state index in [1.54, 1.807) is 19.2 Å². The molecule has 4 aromatic rings. The molecule has 0 aliphatic carbocycles. The monoisotopic (exact) mass is 385 g/mol. The van der Waals surface area contributed by atoms with Gasteiger partial charge in [-0.15, -0.1) is 0 Å². The van der Waals surface area contributed by atoms with Crippen LogP contribution in [0.25, 0.3) is 22.1 Å². The van der Waals surface area contributed by atoms with E-state index in [4.69, 9.17) is 10.2 Å². The highest BCUT2D eigenvalue weighted by molar-refractivity contribution is 5.96. The van der Waals surface area contributed by atoms with E-state index >= 15 is 0 Å². The number of hydrogen-bond donors (Lipinski definition) is 2. The number of fused-ring (bicyclic) bond motifs is 1. The second kappa shape index (κ2) is 7.69. The molecule has 29 heavy (non-hydrogen) atoms. The van der Waals surface area contributed by atoms with Gasteiger partial charge in [0, 0.05) is 17.1 Å². The van der Waals surface area contributed by atoms with Crippen LogP contribution in [0.4, 0.5) is 5.69 Å². The maximum Gasteiger partial charge on any atom is 0.254 e. The van der Waals surface area contributed by atoms with Crippen molar-refractivity contribution in [2.75, 3.05) is 0 Å². The second-order valence-electron chi connectivity index (χ2n) is 6.62. The molecular weight excluding hydrogens is 366 g/mol. The Labute approximate surface area is 167 Å². The largest absolute Gasteiger partial charge is 0.436 e. The zero-order valence-corrected chi connectivity index (χ0v) is 15.8. The number of primary amides is 1. The molecule has 144 valence electrons. The molecule has 0 spiro atoms. The fraction of sp³-hybridized carbons (Fsp3) is 0.0870. The van der Waals surface area contributed by atoms with Gasteiger partial charge in [-0.2, -0.15) is 0 Å². The van der Waals surface area contributed by atoms with E-state index in [-0.39, 0.29) is 17.7 Å². The molecule has 1 amide bonds. The van der Waals surface area contributed by atoms with Gasteiger partial charge in [-0.05, 0) is 36.2 Å². The second-order valence-corrected chi connectivity index (χ2v) is 6.62. The van der Waals surface area contributed by atoms with E-state index in [1.165, 1.54) is 0 Å². The maximum atomic E-state index is 12.0. The molecule has 2 aromatic carbocycles. The minimum atomic E-state index is -0.659. The van der Waals surface area contributed by atoms with Gasteiger partial charge in [-0.25, -0.2) is 4.99 Å². The molecule has 0 radical (unpaired) electrons. The summed E-state index contributed by atoms with van der Waals surface area (Å²) in [7, 11) is 0. The average Bonchev–Trinajstić information content (AvgIpc) is 2.75. The quantitative estimate of drug-likeness (QED) is 0.560. The lowest BCUT2D eigenvalue weighted by Gasteiger charge is -2.07. The lowest BCUT2D eigenvalue weighted by Crippen LogP contribution is -2.22. The van der Waals surface area contributed by atoms with Gasteiger partial charge in [-0.3, -0.25) is 9.78 Å². The summed E-state index contributed by atoms with van der Waals surface area (Å²) in [5.74, 6) is -0.659. The third-order valence-corrected chi connectivity index (χ3v) is 4.69. The SMILES string of the molecule is Cc1ncc(CO)c2cc(C(N)=O)c(=Nc3ccc(-c4ccccc4)cc3)oc12. The van der Waals surface area contributed by atoms with Crippen molar-refractivity contribution < 1.29 is 14.3 Å². The van der Waals surface area contributed by atoms with Gasteiger partial charge < -0.3 is 15.3 Å². The predicted octanol–water partition coefficient (Wildman–Crippen LogP) is 3.63. The van der Waals surface area contributed by atoms with E-state index in [0.29, 0.717) is 27.9 Å². The molecule has 0 aliphatic rings. The van der Waals surface area contributed by atoms with Gasteiger partial charge in [0.25, 0.3) is 5.91 Å². The Morgan fingerprint density at radius 2 is 1.79 bits per heavy atom. The standard InChI is InChI=1S/C23H19N3O3/c1-14-21-19(17(13-27)12-25-14)11-20(22(24)28)23(29-21)26-18-9-7-16(8-10-18)15-5-3-2-4-6-15/h2-12,27H,13H2,1H3,(H2,24,28). The number of nitrogens with two attached hydrogens (primary N) is 1. The molecule has 0 saturated heterocycles. The van der Waals surface area contributed by atoms with Crippen LogP contribution >= 0.6 is 0 Å². The van der Waals surface area contributed by atoms with Crippen LogP contribution in [0.1, 0.15) is 21.6 Å². The van der Waals surface area contributed by atoms with Crippen molar-refractivity contribution in [3.63, 3.8) is 0 Å². The van der Waals surface area contributed by atoms with Crippen LogP contribution in [-0.2, 0) is 6.61 Å². The maximum absolute atomic E-state index is 12.0. The van der Waals surface area contributed by atoms with Crippen LogP contribution in [0, 0.1) is 6.92 Å². The van der Waals surface area contributed by atoms with Crippen molar-refractivity contribution >= 4 is 22.6 Å². The number of carbonyl (C=O) groups excluding carboxylic acids is 1. The van der Waals surface area contributed by atoms with Gasteiger partial charge in [0.2, 0.25) is 5.55 Å². The molecule has 2 heterocycles. The smallest absolute Gasteiger partial charge is 0.254 e. The third kappa shape index (κ3) is 3.66. The molecule has 3 N–H and O–H groups in total. The minimum Gasteiger partial charge on any atom is -0.436 e. The molecule has 0 bridgehead atoms. The molecule has 6 nitrogen and oxygen atoms in total. The number of benzene rings is 2. The zero-order valence-electron chi connectivity index (χ0n) is 15.8. The van der Waals surface area contributed by atoms with Crippen molar-refractivity contribution in [1.29, 1.82) is 0 Å². The number of aryl methyl sites for hydroxylation is 1. The van der Waals surface area contributed by atoms with Crippen molar-refractivity contribution in [2.24, 2.45) is 10.7 Å². The Bertz CT molecular complexity index is 1260. The van der Waals surface area contributed by atoms with Crippen molar-refractivity contribution in [1.82, 2.24) is 4.98 Å². The van der Waals surface area contributed by atoms with Crippen LogP contribution in [0.15, 0.2) is 76.3 Å². The number of rotatable bonds is 4. The Hall–Kier alpha value is -3.77. The van der Waals surface area contributed by atoms with Gasteiger partial charge >= 0.3 is 0 Å². The molecule has 0 saturated carbocycles. The molecule has 4 rings (SSSR count). The molecule has 0 fully saturated rings. The van der Waals surface area contributed by atoms with Crippen LogP contribution in [-0.4, -0.2) is 16.0 Å². The predicted molar refractivity (Wildman–Crippen MR) is 110 cm³/mol. The summed E-state index contributed by atoms with van der Waals surface area (Å²) >= 11 is 0. The number of hydrogen-bond acceptors (Lipinski definition) is 5. The zero-order chi connectivity index (χ0) is 20.4. The van der Waals surface area contributed by atoms with Crippen LogP contribution in [0.5, 0.6) is 0 Å². The first-order valence-electron chi connectivity index (χ1n) is 9.10. The molecule has 6 heteroatoms. The minimum absolute atomic E-state index is 0.109. The van der Waals surface area contributed by atoms with Gasteiger partial charge in [0.15, 0.2) is 5.58 Å². The van der Waals surface area contributed by atoms with Crippen LogP contribution < -0.4 is 11.3 Å². The third-order valence-electron chi connectivity index (χ3n) is 4.69. The molecule has 0 unspecified atom stereocenters. The van der Waals surface area contributed by atoms with E-state index in [0.717, 1.165) is 11.1 Å². The normalized spacial score (nSPS) is 11.7. The number of carbonyl (C=O) groups is 1. The Morgan fingerprint density at radius 3 is 2.45 bits per heavy atom. The van der Waals surface area contributed by atoms with E-state index < -0.39 is 5.91 Å². The van der Waals surface area contributed by atoms with Crippen molar-refractivity contribution in [3.05, 3.63) is 89.2 Å². The number of aliphatic hydroxyl groups is 1. The lowest BCUT2D eigenvalue weighted by molar-refractivity contribution is 0.0996. The molecule has 0 atom stereocenters. The fourth-order valence-electron chi connectivity index (χ4n) is 3.15.